The van der Waals surface area contributed by atoms with E-state index >= 15 is 0 Å². The van der Waals surface area contributed by atoms with Crippen LogP contribution < -0.4 is 10.6 Å². The Morgan fingerprint density at radius 1 is 1.53 bits per heavy atom. The van der Waals surface area contributed by atoms with Gasteiger partial charge in [0.05, 0.1) is 19.2 Å². The molecule has 0 bridgehead atoms. The molecule has 1 heterocycles. The molecule has 0 saturated carbocycles. The van der Waals surface area contributed by atoms with Crippen LogP contribution in [0.3, 0.4) is 0 Å². The zero-order chi connectivity index (χ0) is 12.6. The fraction of sp³-hybridized carbons (Fsp3) is 0.273. The van der Waals surface area contributed by atoms with Gasteiger partial charge < -0.3 is 15.4 Å². The number of β-lactam (4-membered cyclic amide) rings is 1. The molecule has 1 saturated heterocycles. The minimum Gasteiger partial charge on any atom is -0.465 e. The first kappa shape index (κ1) is 12.1. The van der Waals surface area contributed by atoms with Gasteiger partial charge in [-0.05, 0) is 18.2 Å². The topological polar surface area (TPSA) is 72.6 Å². The van der Waals surface area contributed by atoms with Crippen molar-refractivity contribution in [1.29, 1.82) is 0 Å². The van der Waals surface area contributed by atoms with Crippen LogP contribution in [0.5, 0.6) is 0 Å². The van der Waals surface area contributed by atoms with Crippen LogP contribution in [0.15, 0.2) is 22.7 Å². The number of nitrogens with zero attached hydrogens (tertiary/aromatic N) is 1. The van der Waals surface area contributed by atoms with E-state index in [0.29, 0.717) is 22.3 Å². The van der Waals surface area contributed by atoms with Crippen molar-refractivity contribution < 1.29 is 14.3 Å². The molecule has 0 radical (unpaired) electrons. The van der Waals surface area contributed by atoms with Crippen molar-refractivity contribution in [3.8, 4) is 0 Å². The molecule has 1 unspecified atom stereocenters. The van der Waals surface area contributed by atoms with E-state index in [4.69, 9.17) is 5.73 Å². The summed E-state index contributed by atoms with van der Waals surface area (Å²) in [5.74, 6) is -0.580. The van der Waals surface area contributed by atoms with Crippen molar-refractivity contribution in [2.75, 3.05) is 18.6 Å². The molecule has 1 atom stereocenters. The Morgan fingerprint density at radius 3 is 2.76 bits per heavy atom. The molecule has 1 fully saturated rings. The van der Waals surface area contributed by atoms with Gasteiger partial charge in [-0.25, -0.2) is 4.79 Å². The number of amides is 1. The smallest absolute Gasteiger partial charge is 0.337 e. The molecule has 6 heteroatoms. The second-order valence-corrected chi connectivity index (χ2v) is 4.66. The molecule has 2 N–H and O–H groups in total. The van der Waals surface area contributed by atoms with Gasteiger partial charge in [-0.3, -0.25) is 4.79 Å². The quantitative estimate of drug-likeness (QED) is 0.651. The number of nitrogens with two attached hydrogens (primary N) is 1. The number of hydrogen-bond donors (Lipinski definition) is 1. The molecule has 5 nitrogen and oxygen atoms in total. The number of methoxy groups -OCH3 is 1. The predicted octanol–water partition coefficient (Wildman–Crippen LogP) is 0.910. The average molecular weight is 299 g/mol. The van der Waals surface area contributed by atoms with Gasteiger partial charge in [0, 0.05) is 10.2 Å². The van der Waals surface area contributed by atoms with Gasteiger partial charge >= 0.3 is 5.97 Å². The van der Waals surface area contributed by atoms with Crippen LogP contribution in [0, 0.1) is 0 Å². The van der Waals surface area contributed by atoms with Crippen LogP contribution in [0.1, 0.15) is 10.4 Å². The Labute approximate surface area is 107 Å². The van der Waals surface area contributed by atoms with E-state index in [1.165, 1.54) is 12.0 Å². The first-order valence-electron chi connectivity index (χ1n) is 4.99. The van der Waals surface area contributed by atoms with Crippen LogP contribution in [0.25, 0.3) is 0 Å². The molecule has 1 aromatic carbocycles. The average Bonchev–Trinajstić information content (AvgIpc) is 2.33. The molecule has 17 heavy (non-hydrogen) atoms. The number of carbonyl (C=O) groups is 2. The molecule has 0 aromatic heterocycles. The van der Waals surface area contributed by atoms with Gasteiger partial charge in [-0.1, -0.05) is 15.9 Å². The summed E-state index contributed by atoms with van der Waals surface area (Å²) in [6, 6.07) is 4.58. The van der Waals surface area contributed by atoms with Crippen molar-refractivity contribution in [2.45, 2.75) is 6.04 Å². The summed E-state index contributed by atoms with van der Waals surface area (Å²) in [5.41, 5.74) is 6.56. The monoisotopic (exact) mass is 298 g/mol. The van der Waals surface area contributed by atoms with Crippen LogP contribution >= 0.6 is 15.9 Å². The van der Waals surface area contributed by atoms with Crippen molar-refractivity contribution in [1.82, 2.24) is 0 Å². The molecule has 90 valence electrons. The fourth-order valence-corrected chi connectivity index (χ4v) is 2.13. The van der Waals surface area contributed by atoms with Gasteiger partial charge in [0.15, 0.2) is 0 Å². The standard InChI is InChI=1S/C11H11BrN2O3/c1-17-11(16)6-2-7(12)4-8(3-6)14-5-9(13)10(14)15/h2-4,9H,5,13H2,1H3. The highest BCUT2D eigenvalue weighted by atomic mass is 79.9. The predicted molar refractivity (Wildman–Crippen MR) is 65.8 cm³/mol. The molecule has 1 aliphatic rings. The van der Waals surface area contributed by atoms with Crippen LogP contribution in [-0.4, -0.2) is 31.6 Å². The van der Waals surface area contributed by atoms with E-state index in [0.717, 1.165) is 0 Å². The number of benzene rings is 1. The minimum atomic E-state index is -0.440. The Morgan fingerprint density at radius 2 is 2.24 bits per heavy atom. The highest BCUT2D eigenvalue weighted by Crippen LogP contribution is 2.27. The largest absolute Gasteiger partial charge is 0.465 e. The SMILES string of the molecule is COC(=O)c1cc(Br)cc(N2CC(N)C2=O)c1. The van der Waals surface area contributed by atoms with Gasteiger partial charge in [0.25, 0.3) is 0 Å². The van der Waals surface area contributed by atoms with E-state index in [1.807, 2.05) is 0 Å². The van der Waals surface area contributed by atoms with Crippen LogP contribution in [0.4, 0.5) is 5.69 Å². The second kappa shape index (κ2) is 4.46. The molecular formula is C11H11BrN2O3. The highest BCUT2D eigenvalue weighted by molar-refractivity contribution is 9.10. The second-order valence-electron chi connectivity index (χ2n) is 3.75. The third-order valence-corrected chi connectivity index (χ3v) is 3.04. The molecule has 0 aliphatic carbocycles. The minimum absolute atomic E-state index is 0.140. The first-order chi connectivity index (χ1) is 8.02. The fourth-order valence-electron chi connectivity index (χ4n) is 1.65. The van der Waals surface area contributed by atoms with Crippen molar-refractivity contribution in [2.24, 2.45) is 5.73 Å². The Hall–Kier alpha value is -1.40. The van der Waals surface area contributed by atoms with Crippen molar-refractivity contribution in [3.63, 3.8) is 0 Å². The lowest BCUT2D eigenvalue weighted by Crippen LogP contribution is -2.61. The Bertz CT molecular complexity index is 490. The first-order valence-corrected chi connectivity index (χ1v) is 5.78. The number of rotatable bonds is 2. The maximum Gasteiger partial charge on any atom is 0.337 e. The van der Waals surface area contributed by atoms with E-state index in [1.54, 1.807) is 18.2 Å². The molecular weight excluding hydrogens is 288 g/mol. The van der Waals surface area contributed by atoms with Crippen molar-refractivity contribution >= 4 is 33.5 Å². The molecule has 1 amide bonds. The van der Waals surface area contributed by atoms with Gasteiger partial charge in [-0.15, -0.1) is 0 Å². The molecule has 2 rings (SSSR count). The van der Waals surface area contributed by atoms with E-state index < -0.39 is 12.0 Å². The van der Waals surface area contributed by atoms with Gasteiger partial charge in [0.2, 0.25) is 5.91 Å². The summed E-state index contributed by atoms with van der Waals surface area (Å²) in [6.45, 7) is 0.468. The lowest BCUT2D eigenvalue weighted by Gasteiger charge is -2.36. The third kappa shape index (κ3) is 2.18. The molecule has 0 spiro atoms. The van der Waals surface area contributed by atoms with Crippen LogP contribution in [-0.2, 0) is 9.53 Å². The maximum absolute atomic E-state index is 11.5. The number of halogens is 1. The number of carbonyl (C=O) groups excluding carboxylic acids is 2. The third-order valence-electron chi connectivity index (χ3n) is 2.58. The summed E-state index contributed by atoms with van der Waals surface area (Å²) >= 11 is 3.29. The van der Waals surface area contributed by atoms with Crippen molar-refractivity contribution in [3.05, 3.63) is 28.2 Å². The van der Waals surface area contributed by atoms with E-state index in [-0.39, 0.29) is 5.91 Å². The Kier molecular flexibility index (Phi) is 3.17. The summed E-state index contributed by atoms with van der Waals surface area (Å²) in [5, 5.41) is 0. The summed E-state index contributed by atoms with van der Waals surface area (Å²) in [7, 11) is 1.31. The molecule has 1 aromatic rings. The normalized spacial score (nSPS) is 18.9. The lowest BCUT2D eigenvalue weighted by molar-refractivity contribution is -0.123. The molecule has 1 aliphatic heterocycles. The maximum atomic E-state index is 11.5. The van der Waals surface area contributed by atoms with Gasteiger partial charge in [0.1, 0.15) is 6.04 Å². The zero-order valence-corrected chi connectivity index (χ0v) is 10.7. The van der Waals surface area contributed by atoms with Gasteiger partial charge in [-0.2, -0.15) is 0 Å². The number of anilines is 1. The lowest BCUT2D eigenvalue weighted by atomic mass is 10.1. The summed E-state index contributed by atoms with van der Waals surface area (Å²) in [4.78, 5) is 24.4. The Balaban J connectivity index is 2.33. The highest BCUT2D eigenvalue weighted by Gasteiger charge is 2.34. The number of ether oxygens (including phenoxy) is 1. The summed E-state index contributed by atoms with van der Waals surface area (Å²) < 4.78 is 5.35. The zero-order valence-electron chi connectivity index (χ0n) is 9.14. The van der Waals surface area contributed by atoms with E-state index in [9.17, 15) is 9.59 Å². The number of hydrogen-bond acceptors (Lipinski definition) is 4. The van der Waals surface area contributed by atoms with Crippen LogP contribution in [0.2, 0.25) is 0 Å². The number of esters is 1. The van der Waals surface area contributed by atoms with E-state index in [2.05, 4.69) is 20.7 Å². The summed E-state index contributed by atoms with van der Waals surface area (Å²) in [6.07, 6.45) is 0.